The molecule has 2 N–H and O–H groups in total. The first kappa shape index (κ1) is 14.4. The van der Waals surface area contributed by atoms with E-state index in [0.29, 0.717) is 5.69 Å². The summed E-state index contributed by atoms with van der Waals surface area (Å²) in [4.78, 5) is 4.02. The van der Waals surface area contributed by atoms with Crippen molar-refractivity contribution >= 4 is 21.5 Å². The van der Waals surface area contributed by atoms with Crippen molar-refractivity contribution in [2.75, 3.05) is 11.9 Å². The number of anilines is 2. The highest BCUT2D eigenvalue weighted by Crippen LogP contribution is 2.22. The van der Waals surface area contributed by atoms with Gasteiger partial charge >= 0.3 is 0 Å². The Morgan fingerprint density at radius 3 is 2.75 bits per heavy atom. The smallest absolute Gasteiger partial charge is 0.244 e. The molecule has 0 radical (unpaired) electrons. The van der Waals surface area contributed by atoms with E-state index in [1.54, 1.807) is 13.0 Å². The van der Waals surface area contributed by atoms with Crippen LogP contribution in [-0.4, -0.2) is 19.9 Å². The number of aromatic nitrogens is 1. The molecule has 0 aliphatic heterocycles. The molecule has 0 fully saturated rings. The Morgan fingerprint density at radius 2 is 2.05 bits per heavy atom. The summed E-state index contributed by atoms with van der Waals surface area (Å²) in [6, 6.07) is 8.69. The van der Waals surface area contributed by atoms with Gasteiger partial charge in [-0.05, 0) is 30.3 Å². The van der Waals surface area contributed by atoms with Gasteiger partial charge < -0.3 is 5.32 Å². The van der Waals surface area contributed by atoms with Crippen LogP contribution in [0.2, 0.25) is 0 Å². The maximum Gasteiger partial charge on any atom is 0.244 e. The Morgan fingerprint density at radius 1 is 1.25 bits per heavy atom. The van der Waals surface area contributed by atoms with Crippen LogP contribution >= 0.6 is 0 Å². The van der Waals surface area contributed by atoms with Gasteiger partial charge in [-0.1, -0.05) is 13.0 Å². The molecule has 0 saturated carbocycles. The third kappa shape index (κ3) is 3.31. The molecular weight excluding hydrogens is 281 g/mol. The van der Waals surface area contributed by atoms with E-state index < -0.39 is 15.8 Å². The molecule has 7 heteroatoms. The molecule has 0 saturated heterocycles. The summed E-state index contributed by atoms with van der Waals surface area (Å²) in [6.07, 6.45) is 1.46. The molecule has 2 rings (SSSR count). The maximum absolute atomic E-state index is 13.1. The van der Waals surface area contributed by atoms with Crippen molar-refractivity contribution in [2.24, 2.45) is 0 Å². The SMILES string of the molecule is CCNS(=O)(=O)c1cccnc1Nc1cccc(F)c1. The number of sulfonamides is 1. The molecule has 2 aromatic rings. The first-order valence-electron chi connectivity index (χ1n) is 6.00. The topological polar surface area (TPSA) is 71.1 Å². The van der Waals surface area contributed by atoms with Gasteiger partial charge in [-0.2, -0.15) is 0 Å². The maximum atomic E-state index is 13.1. The molecule has 20 heavy (non-hydrogen) atoms. The van der Waals surface area contributed by atoms with Gasteiger partial charge in [-0.3, -0.25) is 0 Å². The summed E-state index contributed by atoms with van der Waals surface area (Å²) in [5.41, 5.74) is 0.427. The third-order valence-electron chi connectivity index (χ3n) is 2.48. The molecule has 0 spiro atoms. The quantitative estimate of drug-likeness (QED) is 0.887. The lowest BCUT2D eigenvalue weighted by Crippen LogP contribution is -2.24. The standard InChI is InChI=1S/C13H14FN3O2S/c1-2-16-20(18,19)12-7-4-8-15-13(12)17-11-6-3-5-10(14)9-11/h3-9,16H,2H2,1H3,(H,15,17). The van der Waals surface area contributed by atoms with E-state index >= 15 is 0 Å². The average molecular weight is 295 g/mol. The lowest BCUT2D eigenvalue weighted by atomic mass is 10.3. The molecule has 106 valence electrons. The number of hydrogen-bond acceptors (Lipinski definition) is 4. The summed E-state index contributed by atoms with van der Waals surface area (Å²) >= 11 is 0. The molecule has 0 amide bonds. The van der Waals surface area contributed by atoms with Crippen molar-refractivity contribution in [1.29, 1.82) is 0 Å². The van der Waals surface area contributed by atoms with Crippen molar-refractivity contribution in [3.05, 3.63) is 48.4 Å². The Labute approximate surface area is 116 Å². The first-order chi connectivity index (χ1) is 9.53. The van der Waals surface area contributed by atoms with Gasteiger partial charge in [0.1, 0.15) is 10.7 Å². The van der Waals surface area contributed by atoms with E-state index in [1.165, 1.54) is 36.5 Å². The Hall–Kier alpha value is -1.99. The highest BCUT2D eigenvalue weighted by Gasteiger charge is 2.18. The van der Waals surface area contributed by atoms with Crippen LogP contribution in [-0.2, 0) is 10.0 Å². The minimum Gasteiger partial charge on any atom is -0.339 e. The molecule has 0 aliphatic rings. The predicted molar refractivity (Wildman–Crippen MR) is 74.8 cm³/mol. The number of hydrogen-bond donors (Lipinski definition) is 2. The third-order valence-corrected chi connectivity index (χ3v) is 4.06. The van der Waals surface area contributed by atoms with E-state index in [9.17, 15) is 12.8 Å². The van der Waals surface area contributed by atoms with Crippen LogP contribution in [0, 0.1) is 5.82 Å². The van der Waals surface area contributed by atoms with E-state index in [-0.39, 0.29) is 17.3 Å². The highest BCUT2D eigenvalue weighted by atomic mass is 32.2. The summed E-state index contributed by atoms with van der Waals surface area (Å²) in [6.45, 7) is 1.96. The van der Waals surface area contributed by atoms with Gasteiger partial charge in [-0.15, -0.1) is 0 Å². The predicted octanol–water partition coefficient (Wildman–Crippen LogP) is 2.26. The van der Waals surface area contributed by atoms with Gasteiger partial charge in [0.15, 0.2) is 5.82 Å². The van der Waals surface area contributed by atoms with E-state index in [1.807, 2.05) is 0 Å². The second-order valence-corrected chi connectivity index (χ2v) is 5.72. The van der Waals surface area contributed by atoms with Gasteiger partial charge in [0, 0.05) is 18.4 Å². The number of halogens is 1. The van der Waals surface area contributed by atoms with Crippen LogP contribution in [0.15, 0.2) is 47.5 Å². The van der Waals surface area contributed by atoms with Gasteiger partial charge in [0.05, 0.1) is 0 Å². The average Bonchev–Trinajstić information content (AvgIpc) is 2.39. The van der Waals surface area contributed by atoms with Crippen molar-refractivity contribution in [1.82, 2.24) is 9.71 Å². The second-order valence-electron chi connectivity index (χ2n) is 3.99. The van der Waals surface area contributed by atoms with Crippen LogP contribution in [0.4, 0.5) is 15.9 Å². The number of pyridine rings is 1. The fourth-order valence-electron chi connectivity index (χ4n) is 1.67. The molecule has 1 aromatic heterocycles. The second kappa shape index (κ2) is 5.98. The van der Waals surface area contributed by atoms with Crippen molar-refractivity contribution in [3.8, 4) is 0 Å². The van der Waals surface area contributed by atoms with Crippen LogP contribution in [0.3, 0.4) is 0 Å². The Bertz CT molecular complexity index is 704. The van der Waals surface area contributed by atoms with Crippen LogP contribution in [0.5, 0.6) is 0 Å². The highest BCUT2D eigenvalue weighted by molar-refractivity contribution is 7.89. The largest absolute Gasteiger partial charge is 0.339 e. The van der Waals surface area contributed by atoms with E-state index in [2.05, 4.69) is 15.0 Å². The summed E-state index contributed by atoms with van der Waals surface area (Å²) in [5, 5.41) is 2.81. The van der Waals surface area contributed by atoms with Gasteiger partial charge in [0.25, 0.3) is 0 Å². The number of rotatable bonds is 5. The van der Waals surface area contributed by atoms with E-state index in [4.69, 9.17) is 0 Å². The summed E-state index contributed by atoms with van der Waals surface area (Å²) < 4.78 is 39.6. The molecule has 5 nitrogen and oxygen atoms in total. The summed E-state index contributed by atoms with van der Waals surface area (Å²) in [5.74, 6) is -0.263. The normalized spacial score (nSPS) is 11.3. The number of nitrogens with zero attached hydrogens (tertiary/aromatic N) is 1. The van der Waals surface area contributed by atoms with Crippen LogP contribution in [0.1, 0.15) is 6.92 Å². The molecule has 0 unspecified atom stereocenters. The minimum atomic E-state index is -3.64. The zero-order chi connectivity index (χ0) is 14.6. The van der Waals surface area contributed by atoms with Crippen molar-refractivity contribution in [2.45, 2.75) is 11.8 Å². The Balaban J connectivity index is 2.38. The fourth-order valence-corrected chi connectivity index (χ4v) is 2.82. The zero-order valence-electron chi connectivity index (χ0n) is 10.8. The lowest BCUT2D eigenvalue weighted by molar-refractivity contribution is 0.584. The number of nitrogens with one attached hydrogen (secondary N) is 2. The molecule has 1 aromatic carbocycles. The lowest BCUT2D eigenvalue weighted by Gasteiger charge is -2.11. The first-order valence-corrected chi connectivity index (χ1v) is 7.48. The molecule has 1 heterocycles. The van der Waals surface area contributed by atoms with E-state index in [0.717, 1.165) is 0 Å². The fraction of sp³-hybridized carbons (Fsp3) is 0.154. The molecule has 0 bridgehead atoms. The minimum absolute atomic E-state index is 0.0195. The monoisotopic (exact) mass is 295 g/mol. The number of benzene rings is 1. The van der Waals surface area contributed by atoms with Gasteiger partial charge in [0.2, 0.25) is 10.0 Å². The van der Waals surface area contributed by atoms with Crippen molar-refractivity contribution in [3.63, 3.8) is 0 Å². The molecule has 0 aliphatic carbocycles. The van der Waals surface area contributed by atoms with Crippen LogP contribution < -0.4 is 10.0 Å². The summed E-state index contributed by atoms with van der Waals surface area (Å²) in [7, 11) is -3.64. The van der Waals surface area contributed by atoms with Crippen molar-refractivity contribution < 1.29 is 12.8 Å². The molecule has 0 atom stereocenters. The van der Waals surface area contributed by atoms with Crippen LogP contribution in [0.25, 0.3) is 0 Å². The van der Waals surface area contributed by atoms with Gasteiger partial charge in [-0.25, -0.2) is 22.5 Å². The Kier molecular flexibility index (Phi) is 4.31. The zero-order valence-corrected chi connectivity index (χ0v) is 11.6. The molecular formula is C13H14FN3O2S.